The molecule has 276 valence electrons. The minimum atomic E-state index is -2.18. The summed E-state index contributed by atoms with van der Waals surface area (Å²) in [6.45, 7) is 2.08. The highest BCUT2D eigenvalue weighted by Gasteiger charge is 2.69. The van der Waals surface area contributed by atoms with E-state index in [9.17, 15) is 39.6 Å². The van der Waals surface area contributed by atoms with Gasteiger partial charge in [-0.3, -0.25) is 19.2 Å². The van der Waals surface area contributed by atoms with Gasteiger partial charge in [-0.25, -0.2) is 4.39 Å². The molecule has 3 saturated carbocycles. The van der Waals surface area contributed by atoms with E-state index < -0.39 is 107 Å². The molecule has 0 aromatic carbocycles. The summed E-state index contributed by atoms with van der Waals surface area (Å²) >= 11 is 0. The van der Waals surface area contributed by atoms with Gasteiger partial charge in [0.05, 0.1) is 26.1 Å². The lowest BCUT2D eigenvalue weighted by molar-refractivity contribution is -1.21. The predicted octanol–water partition coefficient (Wildman–Crippen LogP) is 0.224. The molecule has 13 atom stereocenters. The van der Waals surface area contributed by atoms with E-state index in [1.807, 2.05) is 0 Å². The van der Waals surface area contributed by atoms with Crippen molar-refractivity contribution >= 4 is 23.5 Å². The molecule has 18 heteroatoms. The molecule has 2 saturated heterocycles. The zero-order chi connectivity index (χ0) is 36.2. The molecule has 3 N–H and O–H groups in total. The number of carbonyl (C=O) groups excluding carboxylic acids is 4. The lowest BCUT2D eigenvalue weighted by Crippen LogP contribution is -3.04. The van der Waals surface area contributed by atoms with Gasteiger partial charge in [0.15, 0.2) is 30.4 Å². The second kappa shape index (κ2) is 13.6. The number of Topliss-reactive ketones (excluding diaryl/α,β-unsaturated/α-hetero) is 1. The van der Waals surface area contributed by atoms with Gasteiger partial charge in [0.1, 0.15) is 30.1 Å². The van der Waals surface area contributed by atoms with E-state index in [0.717, 1.165) is 0 Å². The van der Waals surface area contributed by atoms with Crippen LogP contribution in [0.3, 0.4) is 0 Å². The second-order valence-electron chi connectivity index (χ2n) is 14.5. The number of carbonyl (C=O) groups is 4. The molecular weight excluding hydrogens is 671 g/mol. The molecule has 4 aliphatic carbocycles. The molecule has 2 heterocycles. The molecule has 0 aromatic rings. The van der Waals surface area contributed by atoms with E-state index in [1.165, 1.54) is 18.2 Å². The predicted molar refractivity (Wildman–Crippen MR) is 159 cm³/mol. The molecule has 5 fully saturated rings. The van der Waals surface area contributed by atoms with Crippen LogP contribution in [0.4, 0.5) is 4.39 Å². The van der Waals surface area contributed by atoms with Crippen LogP contribution in [0.25, 0.3) is 0 Å². The fourth-order valence-corrected chi connectivity index (χ4v) is 9.66. The summed E-state index contributed by atoms with van der Waals surface area (Å²) in [5.74, 6) is -4.27. The maximum Gasteiger partial charge on any atom is 0.306 e. The Morgan fingerprint density at radius 2 is 1.74 bits per heavy atom. The Bertz CT molecular complexity index is 1470. The number of esters is 2. The van der Waals surface area contributed by atoms with Crippen molar-refractivity contribution in [1.29, 1.82) is 0 Å². The number of fused-ring (bicyclic) bond motifs is 4. The van der Waals surface area contributed by atoms with Crippen LogP contribution in [-0.4, -0.2) is 101 Å². The van der Waals surface area contributed by atoms with Crippen LogP contribution < -0.4 is 5.39 Å². The van der Waals surface area contributed by atoms with Gasteiger partial charge < -0.3 is 34.1 Å². The molecule has 6 aliphatic rings. The Morgan fingerprint density at radius 1 is 1.10 bits per heavy atom. The third kappa shape index (κ3) is 6.24. The summed E-state index contributed by atoms with van der Waals surface area (Å²) in [6.07, 6.45) is -2.36. The summed E-state index contributed by atoms with van der Waals surface area (Å²) in [4.78, 5) is 71.9. The highest BCUT2D eigenvalue weighted by atomic mass is 19.1. The number of nitrogens with zero attached hydrogens (tertiary/aromatic N) is 1. The largest absolute Gasteiger partial charge is 0.566 e. The fourth-order valence-electron chi connectivity index (χ4n) is 9.66. The van der Waals surface area contributed by atoms with Crippen molar-refractivity contribution in [3.63, 3.8) is 0 Å². The van der Waals surface area contributed by atoms with Crippen LogP contribution in [0.5, 0.6) is 0 Å². The van der Waals surface area contributed by atoms with Crippen LogP contribution >= 0.6 is 0 Å². The zero-order valence-corrected chi connectivity index (χ0v) is 27.5. The summed E-state index contributed by atoms with van der Waals surface area (Å²) < 4.78 is 39.4. The van der Waals surface area contributed by atoms with Crippen LogP contribution in [-0.2, 0) is 47.8 Å². The molecule has 0 aromatic heterocycles. The van der Waals surface area contributed by atoms with E-state index in [0.29, 0.717) is 24.8 Å². The number of nitrogens with one attached hydrogen (secondary N) is 1. The van der Waals surface area contributed by atoms with Crippen molar-refractivity contribution < 1.29 is 73.0 Å². The molecular formula is C32H41FN2O15. The normalized spacial score (nSPS) is 42.2. The second-order valence-corrected chi connectivity index (χ2v) is 14.5. The van der Waals surface area contributed by atoms with E-state index in [1.54, 1.807) is 13.8 Å². The average Bonchev–Trinajstić information content (AvgIpc) is 3.70. The van der Waals surface area contributed by atoms with E-state index in [2.05, 4.69) is 4.84 Å². The minimum Gasteiger partial charge on any atom is -0.566 e. The summed E-state index contributed by atoms with van der Waals surface area (Å²) in [7, 11) is 0. The first-order valence-electron chi connectivity index (χ1n) is 16.7. The van der Waals surface area contributed by atoms with Crippen molar-refractivity contribution in [2.45, 2.75) is 101 Å². The number of ketones is 2. The number of rotatable bonds is 11. The third-order valence-corrected chi connectivity index (χ3v) is 11.9. The van der Waals surface area contributed by atoms with E-state index in [4.69, 9.17) is 29.0 Å². The topological polar surface area (TPSA) is 235 Å². The Balaban J connectivity index is 1.19. The van der Waals surface area contributed by atoms with Gasteiger partial charge in [-0.2, -0.15) is 10.0 Å². The summed E-state index contributed by atoms with van der Waals surface area (Å²) in [5, 5.41) is 40.3. The Labute approximate surface area is 285 Å². The third-order valence-electron chi connectivity index (χ3n) is 11.9. The maximum absolute atomic E-state index is 17.2. The first-order chi connectivity index (χ1) is 23.6. The first-order valence-corrected chi connectivity index (χ1v) is 16.7. The van der Waals surface area contributed by atoms with Crippen LogP contribution in [0, 0.1) is 43.9 Å². The Kier molecular flexibility index (Phi) is 9.92. The van der Waals surface area contributed by atoms with Gasteiger partial charge in [0.2, 0.25) is 0 Å². The standard InChI is InChI=1S/C32H41FN2O15/c1-16-9-20-17-3-4-18-10-19(36)7-8-31(18,11-17)29(33)21(12-30(20,2)32(16,40)24(37)15-47-34(41)42)48-25(38)5-6-26(39)49-22-13-45-28-23(50-35(43)44)14-46-27(22)28/h7-8,10,16-17,20-23,27-29,35,40,43H,3-6,9,11-15H2,1-2H3/t16-,17?,20-,21-,22-,23+,27+,28+,29+,30-,31-,32-/m0/s1. The number of hydrogen-bond donors (Lipinski definition) is 3. The van der Waals surface area contributed by atoms with Crippen molar-refractivity contribution in [3.05, 3.63) is 39.1 Å². The Hall–Kier alpha value is -3.39. The molecule has 0 radical (unpaired) electrons. The highest BCUT2D eigenvalue weighted by molar-refractivity contribution is 6.01. The molecule has 0 amide bonds. The number of alkyl halides is 1. The lowest BCUT2D eigenvalue weighted by atomic mass is 9.51. The molecule has 6 rings (SSSR count). The van der Waals surface area contributed by atoms with Crippen LogP contribution in [0.15, 0.2) is 23.8 Å². The number of quaternary nitrogens is 1. The SMILES string of the molecule is C[C@H]1C[C@H]2C3CCC4=CC(=O)C=C[C@@]4(C3)[C@H](F)[C@@H](OC(=O)CCC(=O)O[C@H]3CO[C@H]4[C@@H]3OC[C@H]4O[NH+]([O-])O)C[C@]2(C)[C@@]1(O)C(=O)CO[N+](=O)[O-]. The number of ether oxygens (including phenoxy) is 4. The number of allylic oxidation sites excluding steroid dienone is 4. The van der Waals surface area contributed by atoms with E-state index >= 15 is 4.39 Å². The number of aliphatic hydroxyl groups is 1. The van der Waals surface area contributed by atoms with Crippen molar-refractivity contribution in [1.82, 2.24) is 0 Å². The average molecular weight is 713 g/mol. The molecule has 50 heavy (non-hydrogen) atoms. The first kappa shape index (κ1) is 36.4. The van der Waals surface area contributed by atoms with Crippen LogP contribution in [0.2, 0.25) is 0 Å². The van der Waals surface area contributed by atoms with Gasteiger partial charge in [-0.1, -0.05) is 30.9 Å². The van der Waals surface area contributed by atoms with Crippen molar-refractivity contribution in [2.75, 3.05) is 19.8 Å². The molecule has 17 nitrogen and oxygen atoms in total. The fraction of sp³-hybridized carbons (Fsp3) is 0.750. The van der Waals surface area contributed by atoms with Crippen molar-refractivity contribution in [2.24, 2.45) is 28.6 Å². The summed E-state index contributed by atoms with van der Waals surface area (Å²) in [6, 6.07) is 0. The van der Waals surface area contributed by atoms with E-state index in [-0.39, 0.29) is 43.7 Å². The maximum atomic E-state index is 17.2. The van der Waals surface area contributed by atoms with Gasteiger partial charge in [-0.15, -0.1) is 10.1 Å². The minimum absolute atomic E-state index is 0.0850. The Morgan fingerprint density at radius 3 is 2.40 bits per heavy atom. The lowest BCUT2D eigenvalue weighted by Gasteiger charge is -2.55. The van der Waals surface area contributed by atoms with Gasteiger partial charge in [0, 0.05) is 10.8 Å². The van der Waals surface area contributed by atoms with Gasteiger partial charge in [-0.05, 0) is 62.0 Å². The highest BCUT2D eigenvalue weighted by Crippen LogP contribution is 2.66. The molecule has 1 spiro atoms. The molecule has 2 unspecified atom stereocenters. The smallest absolute Gasteiger partial charge is 0.306 e. The summed E-state index contributed by atoms with van der Waals surface area (Å²) in [5.41, 5.74) is -4.30. The zero-order valence-electron chi connectivity index (χ0n) is 27.5. The monoisotopic (exact) mass is 712 g/mol. The van der Waals surface area contributed by atoms with Crippen molar-refractivity contribution in [3.8, 4) is 0 Å². The molecule has 2 aliphatic heterocycles. The van der Waals surface area contributed by atoms with Gasteiger partial charge in [0.25, 0.3) is 5.09 Å². The van der Waals surface area contributed by atoms with Gasteiger partial charge >= 0.3 is 11.9 Å². The molecule has 2 bridgehead atoms. The van der Waals surface area contributed by atoms with Crippen LogP contribution in [0.1, 0.15) is 58.8 Å². The number of hydrogen-bond acceptors (Lipinski definition) is 15. The number of halogens is 1. The quantitative estimate of drug-likeness (QED) is 0.148.